The molecule has 0 aromatic carbocycles. The summed E-state index contributed by atoms with van der Waals surface area (Å²) in [5.41, 5.74) is 1.63. The third-order valence-corrected chi connectivity index (χ3v) is 4.05. The van der Waals surface area contributed by atoms with Crippen molar-refractivity contribution in [1.29, 1.82) is 0 Å². The van der Waals surface area contributed by atoms with Crippen LogP contribution in [0.1, 0.15) is 29.6 Å². The van der Waals surface area contributed by atoms with E-state index in [1.807, 2.05) is 27.6 Å². The number of pyridine rings is 1. The summed E-state index contributed by atoms with van der Waals surface area (Å²) in [6.45, 7) is 2.18. The molecular weight excluding hydrogens is 282 g/mol. The summed E-state index contributed by atoms with van der Waals surface area (Å²) in [6.07, 6.45) is 7.91. The zero-order valence-corrected chi connectivity index (χ0v) is 12.5. The van der Waals surface area contributed by atoms with Gasteiger partial charge >= 0.3 is 0 Å². The minimum atomic E-state index is 0.0671. The molecule has 118 valence electrons. The van der Waals surface area contributed by atoms with Crippen molar-refractivity contribution in [3.8, 4) is 0 Å². The van der Waals surface area contributed by atoms with Crippen LogP contribution >= 0.6 is 0 Å². The zero-order valence-electron chi connectivity index (χ0n) is 12.5. The van der Waals surface area contributed by atoms with E-state index in [9.17, 15) is 4.79 Å². The second kappa shape index (κ2) is 6.89. The van der Waals surface area contributed by atoms with Crippen LogP contribution in [0.25, 0.3) is 5.52 Å². The number of aliphatic hydroxyl groups excluding tert-OH is 1. The SMILES string of the molecule is O=C(c1ccn2cncc2c1)N1CCC(OCCCO)CC1. The Morgan fingerprint density at radius 2 is 2.23 bits per heavy atom. The fourth-order valence-corrected chi connectivity index (χ4v) is 2.77. The van der Waals surface area contributed by atoms with Crippen LogP contribution in [0.5, 0.6) is 0 Å². The maximum atomic E-state index is 12.6. The molecule has 0 unspecified atom stereocenters. The molecule has 2 aromatic heterocycles. The predicted molar refractivity (Wildman–Crippen MR) is 81.8 cm³/mol. The molecule has 0 radical (unpaired) electrons. The molecule has 0 atom stereocenters. The van der Waals surface area contributed by atoms with Crippen LogP contribution in [0.15, 0.2) is 30.9 Å². The molecule has 0 bridgehead atoms. The highest BCUT2D eigenvalue weighted by Gasteiger charge is 2.24. The smallest absolute Gasteiger partial charge is 0.253 e. The largest absolute Gasteiger partial charge is 0.396 e. The standard InChI is InChI=1S/C16H21N3O3/c20-8-1-9-22-15-3-6-18(7-4-15)16(21)13-2-5-19-12-17-11-14(19)10-13/h2,5,10-12,15,20H,1,3-4,6-9H2. The van der Waals surface area contributed by atoms with Crippen molar-refractivity contribution in [2.45, 2.75) is 25.4 Å². The first-order valence-corrected chi connectivity index (χ1v) is 7.71. The summed E-state index contributed by atoms with van der Waals surface area (Å²) < 4.78 is 7.58. The maximum Gasteiger partial charge on any atom is 0.253 e. The number of aliphatic hydroxyl groups is 1. The average molecular weight is 303 g/mol. The Hall–Kier alpha value is -1.92. The van der Waals surface area contributed by atoms with E-state index in [1.165, 1.54) is 0 Å². The van der Waals surface area contributed by atoms with E-state index in [1.54, 1.807) is 12.5 Å². The predicted octanol–water partition coefficient (Wildman–Crippen LogP) is 1.34. The Morgan fingerprint density at radius 1 is 1.41 bits per heavy atom. The Kier molecular flexibility index (Phi) is 4.70. The van der Waals surface area contributed by atoms with Gasteiger partial charge in [0.05, 0.1) is 24.1 Å². The summed E-state index contributed by atoms with van der Waals surface area (Å²) in [5.74, 6) is 0.0671. The molecule has 3 rings (SSSR count). The maximum absolute atomic E-state index is 12.6. The van der Waals surface area contributed by atoms with E-state index < -0.39 is 0 Å². The van der Waals surface area contributed by atoms with Gasteiger partial charge < -0.3 is 19.1 Å². The lowest BCUT2D eigenvalue weighted by Crippen LogP contribution is -2.41. The van der Waals surface area contributed by atoms with E-state index in [0.29, 0.717) is 31.7 Å². The molecule has 1 fully saturated rings. The van der Waals surface area contributed by atoms with Gasteiger partial charge in [-0.1, -0.05) is 0 Å². The number of nitrogens with zero attached hydrogens (tertiary/aromatic N) is 3. The van der Waals surface area contributed by atoms with E-state index in [-0.39, 0.29) is 18.6 Å². The fourth-order valence-electron chi connectivity index (χ4n) is 2.77. The second-order valence-corrected chi connectivity index (χ2v) is 5.58. The van der Waals surface area contributed by atoms with Crippen molar-refractivity contribution < 1.29 is 14.6 Å². The average Bonchev–Trinajstić information content (AvgIpc) is 3.02. The van der Waals surface area contributed by atoms with E-state index in [2.05, 4.69) is 4.98 Å². The van der Waals surface area contributed by atoms with Crippen LogP contribution in [-0.2, 0) is 4.74 Å². The number of aromatic nitrogens is 2. The number of piperidine rings is 1. The summed E-state index contributed by atoms with van der Waals surface area (Å²) in [7, 11) is 0. The number of ether oxygens (including phenoxy) is 1. The van der Waals surface area contributed by atoms with Gasteiger partial charge in [0, 0.05) is 38.1 Å². The number of carbonyl (C=O) groups is 1. The highest BCUT2D eigenvalue weighted by atomic mass is 16.5. The van der Waals surface area contributed by atoms with Crippen molar-refractivity contribution >= 4 is 11.4 Å². The molecule has 0 spiro atoms. The lowest BCUT2D eigenvalue weighted by Gasteiger charge is -2.32. The molecule has 0 aliphatic carbocycles. The molecule has 6 heteroatoms. The van der Waals surface area contributed by atoms with Crippen LogP contribution in [0.3, 0.4) is 0 Å². The summed E-state index contributed by atoms with van der Waals surface area (Å²) in [5, 5.41) is 8.76. The molecule has 1 aliphatic rings. The summed E-state index contributed by atoms with van der Waals surface area (Å²) >= 11 is 0. The molecule has 1 aliphatic heterocycles. The molecule has 6 nitrogen and oxygen atoms in total. The Morgan fingerprint density at radius 3 is 3.00 bits per heavy atom. The fraction of sp³-hybridized carbons (Fsp3) is 0.500. The van der Waals surface area contributed by atoms with Crippen LogP contribution in [0.2, 0.25) is 0 Å². The van der Waals surface area contributed by atoms with Gasteiger partial charge in [-0.3, -0.25) is 4.79 Å². The summed E-state index contributed by atoms with van der Waals surface area (Å²) in [6, 6.07) is 3.71. The highest BCUT2D eigenvalue weighted by Crippen LogP contribution is 2.17. The Labute approximate surface area is 129 Å². The van der Waals surface area contributed by atoms with Gasteiger partial charge in [0.2, 0.25) is 0 Å². The Bertz CT molecular complexity index is 632. The van der Waals surface area contributed by atoms with Gasteiger partial charge in [-0.15, -0.1) is 0 Å². The topological polar surface area (TPSA) is 67.1 Å². The molecule has 3 heterocycles. The van der Waals surface area contributed by atoms with Crippen molar-refractivity contribution in [2.75, 3.05) is 26.3 Å². The van der Waals surface area contributed by atoms with Gasteiger partial charge in [0.1, 0.15) is 0 Å². The van der Waals surface area contributed by atoms with Crippen LogP contribution in [0, 0.1) is 0 Å². The van der Waals surface area contributed by atoms with Gasteiger partial charge in [-0.05, 0) is 31.4 Å². The first-order chi connectivity index (χ1) is 10.8. The second-order valence-electron chi connectivity index (χ2n) is 5.58. The van der Waals surface area contributed by atoms with Gasteiger partial charge in [0.25, 0.3) is 5.91 Å². The highest BCUT2D eigenvalue weighted by molar-refractivity contribution is 5.95. The number of imidazole rings is 1. The normalized spacial score (nSPS) is 16.3. The van der Waals surface area contributed by atoms with Crippen molar-refractivity contribution in [1.82, 2.24) is 14.3 Å². The molecule has 2 aromatic rings. The van der Waals surface area contributed by atoms with Gasteiger partial charge in [-0.25, -0.2) is 4.98 Å². The quantitative estimate of drug-likeness (QED) is 0.846. The number of amides is 1. The molecule has 1 saturated heterocycles. The number of hydrogen-bond acceptors (Lipinski definition) is 4. The molecule has 1 amide bonds. The first-order valence-electron chi connectivity index (χ1n) is 7.71. The van der Waals surface area contributed by atoms with Crippen molar-refractivity contribution in [3.05, 3.63) is 36.4 Å². The Balaban J connectivity index is 1.57. The third kappa shape index (κ3) is 3.28. The van der Waals surface area contributed by atoms with Crippen LogP contribution in [-0.4, -0.2) is 57.7 Å². The number of likely N-dealkylation sites (tertiary alicyclic amines) is 1. The van der Waals surface area contributed by atoms with Crippen molar-refractivity contribution in [2.24, 2.45) is 0 Å². The number of carbonyl (C=O) groups excluding carboxylic acids is 1. The van der Waals surface area contributed by atoms with Gasteiger partial charge in [0.15, 0.2) is 0 Å². The minimum absolute atomic E-state index is 0.0671. The molecule has 1 N–H and O–H groups in total. The monoisotopic (exact) mass is 303 g/mol. The molecule has 22 heavy (non-hydrogen) atoms. The van der Waals surface area contributed by atoms with Crippen LogP contribution < -0.4 is 0 Å². The van der Waals surface area contributed by atoms with Gasteiger partial charge in [-0.2, -0.15) is 0 Å². The first kappa shape index (κ1) is 15.0. The number of hydrogen-bond donors (Lipinski definition) is 1. The van der Waals surface area contributed by atoms with E-state index >= 15 is 0 Å². The number of rotatable bonds is 5. The van der Waals surface area contributed by atoms with E-state index in [0.717, 1.165) is 18.4 Å². The van der Waals surface area contributed by atoms with Crippen molar-refractivity contribution in [3.63, 3.8) is 0 Å². The zero-order chi connectivity index (χ0) is 15.4. The third-order valence-electron chi connectivity index (χ3n) is 4.05. The lowest BCUT2D eigenvalue weighted by atomic mass is 10.1. The lowest BCUT2D eigenvalue weighted by molar-refractivity contribution is 0.00397. The molecular formula is C16H21N3O3. The minimum Gasteiger partial charge on any atom is -0.396 e. The van der Waals surface area contributed by atoms with Crippen LogP contribution in [0.4, 0.5) is 0 Å². The number of fused-ring (bicyclic) bond motifs is 1. The summed E-state index contributed by atoms with van der Waals surface area (Å²) in [4.78, 5) is 18.5. The van der Waals surface area contributed by atoms with E-state index in [4.69, 9.17) is 9.84 Å². The molecule has 0 saturated carbocycles.